The van der Waals surface area contributed by atoms with Crippen molar-refractivity contribution in [1.29, 1.82) is 0 Å². The van der Waals surface area contributed by atoms with Crippen molar-refractivity contribution < 1.29 is 0 Å². The molecule has 0 spiro atoms. The standard InChI is InChI=1S/C15H20N4OS/c1-9-3-6-13(11(7-9)8-10(2)16)21-15-18-17-14(20)19(15)12-4-5-12/h3,6-7,10,12H,4-5,8,16H2,1-2H3,(H,17,20). The molecule has 0 aliphatic heterocycles. The molecule has 112 valence electrons. The summed E-state index contributed by atoms with van der Waals surface area (Å²) in [6, 6.07) is 6.77. The third-order valence-corrected chi connectivity index (χ3v) is 4.63. The zero-order chi connectivity index (χ0) is 15.0. The van der Waals surface area contributed by atoms with Crippen LogP contribution in [0.1, 0.15) is 36.9 Å². The van der Waals surface area contributed by atoms with Gasteiger partial charge in [0, 0.05) is 17.0 Å². The van der Waals surface area contributed by atoms with E-state index in [-0.39, 0.29) is 11.7 Å². The minimum Gasteiger partial charge on any atom is -0.328 e. The molecule has 1 fully saturated rings. The Morgan fingerprint density at radius 1 is 1.52 bits per heavy atom. The van der Waals surface area contributed by atoms with Gasteiger partial charge in [-0.1, -0.05) is 17.7 Å². The van der Waals surface area contributed by atoms with E-state index in [1.165, 1.54) is 11.1 Å². The largest absolute Gasteiger partial charge is 0.344 e. The van der Waals surface area contributed by atoms with Gasteiger partial charge in [0.15, 0.2) is 5.16 Å². The van der Waals surface area contributed by atoms with Gasteiger partial charge >= 0.3 is 5.69 Å². The van der Waals surface area contributed by atoms with Crippen LogP contribution in [0.5, 0.6) is 0 Å². The van der Waals surface area contributed by atoms with Gasteiger partial charge in [0.25, 0.3) is 0 Å². The van der Waals surface area contributed by atoms with Crippen molar-refractivity contribution in [2.75, 3.05) is 0 Å². The summed E-state index contributed by atoms with van der Waals surface area (Å²) in [5.74, 6) is 0. The maximum atomic E-state index is 11.8. The second kappa shape index (κ2) is 5.69. The van der Waals surface area contributed by atoms with Crippen molar-refractivity contribution in [2.45, 2.75) is 55.2 Å². The van der Waals surface area contributed by atoms with Crippen molar-refractivity contribution in [3.05, 3.63) is 39.8 Å². The van der Waals surface area contributed by atoms with Gasteiger partial charge in [-0.3, -0.25) is 4.57 Å². The predicted octanol–water partition coefficient (Wildman–Crippen LogP) is 2.26. The molecule has 3 N–H and O–H groups in total. The second-order valence-corrected chi connectivity index (χ2v) is 6.82. The van der Waals surface area contributed by atoms with Crippen LogP contribution in [-0.2, 0) is 6.42 Å². The second-order valence-electron chi connectivity index (χ2n) is 5.81. The van der Waals surface area contributed by atoms with Gasteiger partial charge in [-0.2, -0.15) is 0 Å². The maximum absolute atomic E-state index is 11.8. The smallest absolute Gasteiger partial charge is 0.328 e. The molecule has 0 saturated heterocycles. The number of aromatic amines is 1. The first-order chi connectivity index (χ1) is 10.0. The molecule has 1 unspecified atom stereocenters. The molecule has 6 heteroatoms. The lowest BCUT2D eigenvalue weighted by Gasteiger charge is -2.12. The number of hydrogen-bond donors (Lipinski definition) is 2. The Labute approximate surface area is 127 Å². The molecule has 3 rings (SSSR count). The number of aromatic nitrogens is 3. The molecule has 0 amide bonds. The number of benzene rings is 1. The zero-order valence-corrected chi connectivity index (χ0v) is 13.1. The minimum atomic E-state index is -0.110. The quantitative estimate of drug-likeness (QED) is 0.888. The number of nitrogens with two attached hydrogens (primary N) is 1. The fourth-order valence-electron chi connectivity index (χ4n) is 2.43. The first-order valence-electron chi connectivity index (χ1n) is 7.24. The van der Waals surface area contributed by atoms with Gasteiger partial charge in [0.1, 0.15) is 0 Å². The monoisotopic (exact) mass is 304 g/mol. The number of rotatable bonds is 5. The van der Waals surface area contributed by atoms with Crippen LogP contribution >= 0.6 is 11.8 Å². The molecule has 1 heterocycles. The van der Waals surface area contributed by atoms with E-state index in [9.17, 15) is 4.79 Å². The topological polar surface area (TPSA) is 76.7 Å². The van der Waals surface area contributed by atoms with E-state index >= 15 is 0 Å². The lowest BCUT2D eigenvalue weighted by molar-refractivity contribution is 0.642. The highest BCUT2D eigenvalue weighted by molar-refractivity contribution is 7.99. The Balaban J connectivity index is 1.92. The van der Waals surface area contributed by atoms with Gasteiger partial charge in [-0.25, -0.2) is 9.89 Å². The highest BCUT2D eigenvalue weighted by Crippen LogP contribution is 2.38. The number of H-pyrrole nitrogens is 1. The molecule has 5 nitrogen and oxygen atoms in total. The first kappa shape index (κ1) is 14.4. The fourth-order valence-corrected chi connectivity index (χ4v) is 3.46. The van der Waals surface area contributed by atoms with Crippen molar-refractivity contribution in [3.63, 3.8) is 0 Å². The lowest BCUT2D eigenvalue weighted by Crippen LogP contribution is -2.18. The Morgan fingerprint density at radius 2 is 2.29 bits per heavy atom. The Morgan fingerprint density at radius 3 is 2.95 bits per heavy atom. The van der Waals surface area contributed by atoms with E-state index in [1.807, 2.05) is 6.92 Å². The average Bonchev–Trinajstić information content (AvgIpc) is 3.17. The summed E-state index contributed by atoms with van der Waals surface area (Å²) in [5, 5.41) is 7.48. The molecule has 1 saturated carbocycles. The van der Waals surface area contributed by atoms with Gasteiger partial charge < -0.3 is 5.73 Å². The summed E-state index contributed by atoms with van der Waals surface area (Å²) in [5.41, 5.74) is 8.27. The summed E-state index contributed by atoms with van der Waals surface area (Å²) < 4.78 is 1.78. The molecular formula is C15H20N4OS. The Hall–Kier alpha value is -1.53. The van der Waals surface area contributed by atoms with Gasteiger partial charge in [-0.15, -0.1) is 5.10 Å². The molecule has 0 radical (unpaired) electrons. The molecule has 1 aromatic heterocycles. The number of hydrogen-bond acceptors (Lipinski definition) is 4. The summed E-state index contributed by atoms with van der Waals surface area (Å²) in [6.45, 7) is 4.08. The van der Waals surface area contributed by atoms with E-state index in [1.54, 1.807) is 16.3 Å². The summed E-state index contributed by atoms with van der Waals surface area (Å²) in [7, 11) is 0. The van der Waals surface area contributed by atoms with Crippen molar-refractivity contribution >= 4 is 11.8 Å². The minimum absolute atomic E-state index is 0.107. The van der Waals surface area contributed by atoms with Crippen LogP contribution < -0.4 is 11.4 Å². The van der Waals surface area contributed by atoms with E-state index in [0.717, 1.165) is 29.3 Å². The van der Waals surface area contributed by atoms with Crippen LogP contribution in [0.4, 0.5) is 0 Å². The normalized spacial score (nSPS) is 16.1. The van der Waals surface area contributed by atoms with Gasteiger partial charge in [0.2, 0.25) is 0 Å². The van der Waals surface area contributed by atoms with Crippen molar-refractivity contribution in [2.24, 2.45) is 5.73 Å². The third kappa shape index (κ3) is 3.22. The molecule has 1 aromatic carbocycles. The number of nitrogens with one attached hydrogen (secondary N) is 1. The lowest BCUT2D eigenvalue weighted by atomic mass is 10.1. The zero-order valence-electron chi connectivity index (χ0n) is 12.3. The van der Waals surface area contributed by atoms with Crippen molar-refractivity contribution in [3.8, 4) is 0 Å². The summed E-state index contributed by atoms with van der Waals surface area (Å²) in [6.07, 6.45) is 2.95. The van der Waals surface area contributed by atoms with Crippen LogP contribution in [0.15, 0.2) is 33.0 Å². The van der Waals surface area contributed by atoms with E-state index in [2.05, 4.69) is 35.3 Å². The van der Waals surface area contributed by atoms with Crippen molar-refractivity contribution in [1.82, 2.24) is 14.8 Å². The van der Waals surface area contributed by atoms with Crippen LogP contribution in [0.2, 0.25) is 0 Å². The molecule has 1 aliphatic carbocycles. The molecule has 1 aliphatic rings. The molecular weight excluding hydrogens is 284 g/mol. The predicted molar refractivity (Wildman–Crippen MR) is 83.8 cm³/mol. The third-order valence-electron chi connectivity index (χ3n) is 3.54. The molecule has 1 atom stereocenters. The van der Waals surface area contributed by atoms with E-state index < -0.39 is 0 Å². The molecule has 0 bridgehead atoms. The highest BCUT2D eigenvalue weighted by Gasteiger charge is 2.29. The average molecular weight is 304 g/mol. The van der Waals surface area contributed by atoms with Gasteiger partial charge in [-0.05, 0) is 56.5 Å². The van der Waals surface area contributed by atoms with Crippen LogP contribution in [0.25, 0.3) is 0 Å². The fraction of sp³-hybridized carbons (Fsp3) is 0.467. The number of nitrogens with zero attached hydrogens (tertiary/aromatic N) is 2. The van der Waals surface area contributed by atoms with E-state index in [0.29, 0.717) is 6.04 Å². The summed E-state index contributed by atoms with van der Waals surface area (Å²) in [4.78, 5) is 13.0. The Kier molecular flexibility index (Phi) is 3.91. The SMILES string of the molecule is Cc1ccc(Sc2n[nH]c(=O)n2C2CC2)c(CC(C)N)c1. The Bertz CT molecular complexity index is 700. The van der Waals surface area contributed by atoms with Gasteiger partial charge in [0.05, 0.1) is 0 Å². The number of aryl methyl sites for hydroxylation is 1. The first-order valence-corrected chi connectivity index (χ1v) is 8.06. The molecule has 21 heavy (non-hydrogen) atoms. The van der Waals surface area contributed by atoms with Crippen LogP contribution in [0, 0.1) is 6.92 Å². The highest BCUT2D eigenvalue weighted by atomic mass is 32.2. The van der Waals surface area contributed by atoms with E-state index in [4.69, 9.17) is 5.73 Å². The van der Waals surface area contributed by atoms with Crippen LogP contribution in [-0.4, -0.2) is 20.8 Å². The summed E-state index contributed by atoms with van der Waals surface area (Å²) >= 11 is 1.55. The maximum Gasteiger partial charge on any atom is 0.344 e. The molecule has 2 aromatic rings. The van der Waals surface area contributed by atoms with Crippen LogP contribution in [0.3, 0.4) is 0 Å².